The molecule has 9 heteroatoms. The molecule has 1 amide bonds. The number of nitrogens with one attached hydrogen (secondary N) is 1. The van der Waals surface area contributed by atoms with Gasteiger partial charge in [-0.1, -0.05) is 31.7 Å². The molecule has 3 atom stereocenters. The molecular weight excluding hydrogens is 430 g/mol. The molecule has 1 aromatic rings. The van der Waals surface area contributed by atoms with Crippen LogP contribution in [0.5, 0.6) is 0 Å². The van der Waals surface area contributed by atoms with Crippen molar-refractivity contribution >= 4 is 21.6 Å². The molecule has 176 valence electrons. The van der Waals surface area contributed by atoms with Gasteiger partial charge < -0.3 is 5.32 Å². The summed E-state index contributed by atoms with van der Waals surface area (Å²) < 4.78 is 27.6. The Balaban J connectivity index is 1.34. The molecule has 8 nitrogen and oxygen atoms in total. The Bertz CT molecular complexity index is 972. The van der Waals surface area contributed by atoms with Crippen LogP contribution in [0, 0.1) is 34.8 Å². The molecule has 2 aliphatic carbocycles. The second kappa shape index (κ2) is 9.47. The number of carbonyl (C=O) groups excluding carboxylic acids is 1. The van der Waals surface area contributed by atoms with Gasteiger partial charge in [-0.3, -0.25) is 14.9 Å². The predicted octanol–water partition coefficient (Wildman–Crippen LogP) is 3.78. The van der Waals surface area contributed by atoms with Crippen molar-refractivity contribution in [1.29, 1.82) is 0 Å². The van der Waals surface area contributed by atoms with Gasteiger partial charge in [0.05, 0.1) is 9.82 Å². The SMILES string of the molecule is Cc1ccc([N+](=O)[O-])cc1S(=O)(=O)N1CCC(C(=O)N[C@@H]2CC[C@H]3CCCC[C@@H]3C2)CC1. The number of carbonyl (C=O) groups is 1. The molecule has 32 heavy (non-hydrogen) atoms. The highest BCUT2D eigenvalue weighted by molar-refractivity contribution is 7.89. The van der Waals surface area contributed by atoms with Gasteiger partial charge in [-0.25, -0.2) is 8.42 Å². The van der Waals surface area contributed by atoms with Crippen LogP contribution in [0.1, 0.15) is 63.4 Å². The van der Waals surface area contributed by atoms with Crippen LogP contribution < -0.4 is 5.32 Å². The fraction of sp³-hybridized carbons (Fsp3) is 0.696. The van der Waals surface area contributed by atoms with Gasteiger partial charge >= 0.3 is 0 Å². The third-order valence-corrected chi connectivity index (χ3v) is 9.75. The first kappa shape index (κ1) is 23.2. The number of non-ortho nitro benzene ring substituents is 1. The van der Waals surface area contributed by atoms with E-state index in [1.807, 2.05) is 0 Å². The quantitative estimate of drug-likeness (QED) is 0.528. The van der Waals surface area contributed by atoms with Crippen molar-refractivity contribution in [2.24, 2.45) is 17.8 Å². The number of sulfonamides is 1. The number of benzene rings is 1. The van der Waals surface area contributed by atoms with Crippen LogP contribution in [0.25, 0.3) is 0 Å². The highest BCUT2D eigenvalue weighted by Gasteiger charge is 2.36. The van der Waals surface area contributed by atoms with Gasteiger partial charge in [0.2, 0.25) is 15.9 Å². The van der Waals surface area contributed by atoms with Crippen molar-refractivity contribution in [3.8, 4) is 0 Å². The Hall–Kier alpha value is -2.00. The zero-order valence-electron chi connectivity index (χ0n) is 18.7. The van der Waals surface area contributed by atoms with Crippen LogP contribution in [0.4, 0.5) is 5.69 Å². The van der Waals surface area contributed by atoms with Gasteiger partial charge in [0.1, 0.15) is 0 Å². The number of nitrogens with zero attached hydrogens (tertiary/aromatic N) is 2. The standard InChI is InChI=1S/C23H33N3O5S/c1-16-6-9-21(26(28)29)15-22(16)32(30,31)25-12-10-18(11-13-25)23(27)24-20-8-7-17-4-2-3-5-19(17)14-20/h6,9,15,17-20H,2-5,7-8,10-14H2,1H3,(H,24,27)/t17-,19-,20-/m1/s1. The lowest BCUT2D eigenvalue weighted by Crippen LogP contribution is -2.47. The number of rotatable bonds is 5. The van der Waals surface area contributed by atoms with Crippen LogP contribution in [0.15, 0.2) is 23.1 Å². The summed E-state index contributed by atoms with van der Waals surface area (Å²) in [5.41, 5.74) is 0.241. The van der Waals surface area contributed by atoms with Crippen LogP contribution in [-0.2, 0) is 14.8 Å². The highest BCUT2D eigenvalue weighted by atomic mass is 32.2. The minimum Gasteiger partial charge on any atom is -0.353 e. The zero-order chi connectivity index (χ0) is 22.9. The van der Waals surface area contributed by atoms with Gasteiger partial charge in [0, 0.05) is 37.2 Å². The van der Waals surface area contributed by atoms with E-state index in [1.54, 1.807) is 6.92 Å². The molecule has 1 aromatic carbocycles. The fourth-order valence-corrected chi connectivity index (χ4v) is 7.52. The molecule has 0 bridgehead atoms. The monoisotopic (exact) mass is 463 g/mol. The number of amides is 1. The molecule has 2 saturated carbocycles. The molecule has 0 aromatic heterocycles. The number of hydrogen-bond acceptors (Lipinski definition) is 5. The lowest BCUT2D eigenvalue weighted by Gasteiger charge is -2.40. The smallest absolute Gasteiger partial charge is 0.270 e. The third kappa shape index (κ3) is 4.83. The van der Waals surface area contributed by atoms with Crippen LogP contribution >= 0.6 is 0 Å². The summed E-state index contributed by atoms with van der Waals surface area (Å²) in [5.74, 6) is 1.44. The minimum absolute atomic E-state index is 0.0288. The van der Waals surface area contributed by atoms with Crippen molar-refractivity contribution in [1.82, 2.24) is 9.62 Å². The molecule has 1 saturated heterocycles. The van der Waals surface area contributed by atoms with E-state index in [2.05, 4.69) is 5.32 Å². The van der Waals surface area contributed by atoms with E-state index in [9.17, 15) is 23.3 Å². The van der Waals surface area contributed by atoms with E-state index in [-0.39, 0.29) is 41.5 Å². The van der Waals surface area contributed by atoms with Crippen molar-refractivity contribution in [3.63, 3.8) is 0 Å². The predicted molar refractivity (Wildman–Crippen MR) is 121 cm³/mol. The van der Waals surface area contributed by atoms with Crippen molar-refractivity contribution in [3.05, 3.63) is 33.9 Å². The van der Waals surface area contributed by atoms with E-state index in [1.165, 1.54) is 48.5 Å². The molecule has 0 spiro atoms. The molecule has 4 rings (SSSR count). The van der Waals surface area contributed by atoms with Gasteiger partial charge in [-0.15, -0.1) is 0 Å². The van der Waals surface area contributed by atoms with Crippen molar-refractivity contribution in [2.45, 2.75) is 75.6 Å². The summed E-state index contributed by atoms with van der Waals surface area (Å²) in [6.07, 6.45) is 9.54. The van der Waals surface area contributed by atoms with Crippen LogP contribution in [0.3, 0.4) is 0 Å². The Morgan fingerprint density at radius 1 is 1.06 bits per heavy atom. The van der Waals surface area contributed by atoms with Gasteiger partial charge in [-0.2, -0.15) is 4.31 Å². The number of fused-ring (bicyclic) bond motifs is 1. The third-order valence-electron chi connectivity index (χ3n) is 7.71. The summed E-state index contributed by atoms with van der Waals surface area (Å²) in [6.45, 7) is 2.13. The van der Waals surface area contributed by atoms with E-state index in [0.717, 1.165) is 30.7 Å². The number of nitro groups is 1. The molecule has 1 N–H and O–H groups in total. The molecule has 0 radical (unpaired) electrons. The first-order valence-electron chi connectivity index (χ1n) is 11.8. The Morgan fingerprint density at radius 2 is 1.75 bits per heavy atom. The van der Waals surface area contributed by atoms with Crippen LogP contribution in [-0.4, -0.2) is 42.7 Å². The van der Waals surface area contributed by atoms with Gasteiger partial charge in [0.15, 0.2) is 0 Å². The topological polar surface area (TPSA) is 110 Å². The van der Waals surface area contributed by atoms with E-state index in [4.69, 9.17) is 0 Å². The van der Waals surface area contributed by atoms with Gasteiger partial charge in [0.25, 0.3) is 5.69 Å². The molecule has 1 aliphatic heterocycles. The lowest BCUT2D eigenvalue weighted by molar-refractivity contribution is -0.385. The summed E-state index contributed by atoms with van der Waals surface area (Å²) in [5, 5.41) is 14.3. The van der Waals surface area contributed by atoms with E-state index >= 15 is 0 Å². The Kier molecular flexibility index (Phi) is 6.86. The highest BCUT2D eigenvalue weighted by Crippen LogP contribution is 2.40. The molecule has 3 fully saturated rings. The summed E-state index contributed by atoms with van der Waals surface area (Å²) >= 11 is 0. The number of nitro benzene ring substituents is 1. The second-order valence-corrected chi connectivity index (χ2v) is 11.6. The van der Waals surface area contributed by atoms with E-state index in [0.29, 0.717) is 18.4 Å². The maximum Gasteiger partial charge on any atom is 0.270 e. The normalized spacial score (nSPS) is 27.5. The second-order valence-electron chi connectivity index (χ2n) is 9.71. The number of hydrogen-bond donors (Lipinski definition) is 1. The molecule has 1 heterocycles. The maximum atomic E-state index is 13.1. The first-order chi connectivity index (χ1) is 15.3. The maximum absolute atomic E-state index is 13.1. The average molecular weight is 464 g/mol. The van der Waals surface area contributed by atoms with E-state index < -0.39 is 14.9 Å². The summed E-state index contributed by atoms with van der Waals surface area (Å²) in [7, 11) is -3.84. The molecule has 3 aliphatic rings. The molecular formula is C23H33N3O5S. The lowest BCUT2D eigenvalue weighted by atomic mass is 9.69. The average Bonchev–Trinajstić information content (AvgIpc) is 2.79. The van der Waals surface area contributed by atoms with Crippen LogP contribution in [0.2, 0.25) is 0 Å². The number of piperidine rings is 1. The molecule has 0 unspecified atom stereocenters. The zero-order valence-corrected chi connectivity index (χ0v) is 19.5. The number of aryl methyl sites for hydroxylation is 1. The Labute approximate surface area is 190 Å². The van der Waals surface area contributed by atoms with Crippen molar-refractivity contribution in [2.75, 3.05) is 13.1 Å². The minimum atomic E-state index is -3.84. The summed E-state index contributed by atoms with van der Waals surface area (Å²) in [4.78, 5) is 23.3. The van der Waals surface area contributed by atoms with Gasteiger partial charge in [-0.05, 0) is 56.4 Å². The largest absolute Gasteiger partial charge is 0.353 e. The first-order valence-corrected chi connectivity index (χ1v) is 13.3. The fourth-order valence-electron chi connectivity index (χ4n) is 5.80. The summed E-state index contributed by atoms with van der Waals surface area (Å²) in [6, 6.07) is 4.15. The van der Waals surface area contributed by atoms with Crippen molar-refractivity contribution < 1.29 is 18.1 Å². The Morgan fingerprint density at radius 3 is 2.44 bits per heavy atom.